The average Bonchev–Trinajstić information content (AvgIpc) is 3.06. The van der Waals surface area contributed by atoms with Gasteiger partial charge in [-0.05, 0) is 18.1 Å². The molecule has 0 fully saturated rings. The highest BCUT2D eigenvalue weighted by Gasteiger charge is 2.17. The van der Waals surface area contributed by atoms with E-state index in [0.717, 1.165) is 5.56 Å². The second kappa shape index (κ2) is 9.80. The van der Waals surface area contributed by atoms with Crippen molar-refractivity contribution >= 4 is 24.2 Å². The second-order valence-electron chi connectivity index (χ2n) is 5.77. The van der Waals surface area contributed by atoms with Crippen molar-refractivity contribution < 1.29 is 14.0 Å². The first-order valence-corrected chi connectivity index (χ1v) is 7.77. The number of benzene rings is 1. The number of amides is 2. The van der Waals surface area contributed by atoms with Crippen molar-refractivity contribution in [2.75, 3.05) is 6.54 Å². The third kappa shape index (κ3) is 6.21. The van der Waals surface area contributed by atoms with Crippen molar-refractivity contribution in [2.24, 2.45) is 11.7 Å². The lowest BCUT2D eigenvalue weighted by Gasteiger charge is -2.14. The Balaban J connectivity index is 0.00000312. The van der Waals surface area contributed by atoms with Crippen LogP contribution in [0, 0.1) is 5.92 Å². The van der Waals surface area contributed by atoms with Crippen molar-refractivity contribution in [3.63, 3.8) is 0 Å². The molecule has 0 unspecified atom stereocenters. The number of nitrogens with two attached hydrogens (primary N) is 1. The SMILES string of the molecule is CC(C)[C@H](N)C(=O)NCC(=O)NCc1coc(-c2ccccc2)n1.Cl. The summed E-state index contributed by atoms with van der Waals surface area (Å²) in [5.74, 6) is -0.146. The normalized spacial score (nSPS) is 11.5. The number of nitrogens with one attached hydrogen (secondary N) is 2. The molecule has 2 amide bonds. The molecule has 0 aliphatic carbocycles. The van der Waals surface area contributed by atoms with Gasteiger partial charge in [0.1, 0.15) is 6.26 Å². The molecule has 0 saturated carbocycles. The van der Waals surface area contributed by atoms with Gasteiger partial charge < -0.3 is 20.8 Å². The van der Waals surface area contributed by atoms with Gasteiger partial charge in [-0.1, -0.05) is 32.0 Å². The molecule has 0 aliphatic rings. The van der Waals surface area contributed by atoms with Gasteiger partial charge in [0.15, 0.2) is 0 Å². The van der Waals surface area contributed by atoms with E-state index in [1.807, 2.05) is 44.2 Å². The van der Waals surface area contributed by atoms with E-state index < -0.39 is 6.04 Å². The van der Waals surface area contributed by atoms with E-state index in [1.54, 1.807) is 0 Å². The summed E-state index contributed by atoms with van der Waals surface area (Å²) in [5, 5.41) is 5.18. The van der Waals surface area contributed by atoms with E-state index in [-0.39, 0.29) is 43.2 Å². The zero-order valence-electron chi connectivity index (χ0n) is 14.2. The third-order valence-electron chi connectivity index (χ3n) is 3.48. The fraction of sp³-hybridized carbons (Fsp3) is 0.353. The van der Waals surface area contributed by atoms with Crippen molar-refractivity contribution in [1.82, 2.24) is 15.6 Å². The first-order valence-electron chi connectivity index (χ1n) is 7.77. The van der Waals surface area contributed by atoms with E-state index >= 15 is 0 Å². The predicted molar refractivity (Wildman–Crippen MR) is 96.9 cm³/mol. The Morgan fingerprint density at radius 1 is 1.20 bits per heavy atom. The molecule has 136 valence electrons. The Kier molecular flexibility index (Phi) is 8.10. The number of halogens is 1. The maximum absolute atomic E-state index is 11.8. The van der Waals surface area contributed by atoms with Gasteiger partial charge in [-0.2, -0.15) is 0 Å². The van der Waals surface area contributed by atoms with E-state index in [1.165, 1.54) is 6.26 Å². The standard InChI is InChI=1S/C17H22N4O3.ClH/c1-11(2)15(18)16(23)20-9-14(22)19-8-13-10-24-17(21-13)12-6-4-3-5-7-12;/h3-7,10-11,15H,8-9,18H2,1-2H3,(H,19,22)(H,20,23);1H/t15-;/m0./s1. The van der Waals surface area contributed by atoms with Crippen LogP contribution in [0.15, 0.2) is 41.0 Å². The summed E-state index contributed by atoms with van der Waals surface area (Å²) in [6, 6.07) is 8.86. The number of oxazole rings is 1. The van der Waals surface area contributed by atoms with Crippen LogP contribution in [0.1, 0.15) is 19.5 Å². The summed E-state index contributed by atoms with van der Waals surface area (Å²) >= 11 is 0. The smallest absolute Gasteiger partial charge is 0.239 e. The lowest BCUT2D eigenvalue weighted by atomic mass is 10.1. The third-order valence-corrected chi connectivity index (χ3v) is 3.48. The molecular weight excluding hydrogens is 344 g/mol. The van der Waals surface area contributed by atoms with Gasteiger partial charge in [0.05, 0.1) is 24.8 Å². The minimum Gasteiger partial charge on any atom is -0.444 e. The number of aromatic nitrogens is 1. The maximum Gasteiger partial charge on any atom is 0.239 e. The maximum atomic E-state index is 11.8. The number of carbonyl (C=O) groups is 2. The van der Waals surface area contributed by atoms with Gasteiger partial charge in [-0.3, -0.25) is 9.59 Å². The topological polar surface area (TPSA) is 110 Å². The molecule has 1 aromatic carbocycles. The van der Waals surface area contributed by atoms with Gasteiger partial charge in [-0.25, -0.2) is 4.98 Å². The summed E-state index contributed by atoms with van der Waals surface area (Å²) < 4.78 is 5.39. The van der Waals surface area contributed by atoms with Gasteiger partial charge >= 0.3 is 0 Å². The first kappa shape index (κ1) is 20.7. The van der Waals surface area contributed by atoms with Crippen LogP contribution in [0.4, 0.5) is 0 Å². The molecule has 1 aromatic heterocycles. The molecule has 8 heteroatoms. The van der Waals surface area contributed by atoms with Gasteiger partial charge in [0.2, 0.25) is 17.7 Å². The lowest BCUT2D eigenvalue weighted by molar-refractivity contribution is -0.127. The fourth-order valence-electron chi connectivity index (χ4n) is 1.94. The van der Waals surface area contributed by atoms with E-state index in [4.69, 9.17) is 10.2 Å². The Bertz CT molecular complexity index is 688. The summed E-state index contributed by atoms with van der Waals surface area (Å²) in [7, 11) is 0. The van der Waals surface area contributed by atoms with Crippen molar-refractivity contribution in [2.45, 2.75) is 26.4 Å². The van der Waals surface area contributed by atoms with E-state index in [9.17, 15) is 9.59 Å². The lowest BCUT2D eigenvalue weighted by Crippen LogP contribution is -2.47. The van der Waals surface area contributed by atoms with Gasteiger partial charge in [0.25, 0.3) is 0 Å². The summed E-state index contributed by atoms with van der Waals surface area (Å²) in [6.07, 6.45) is 1.50. The van der Waals surface area contributed by atoms with Crippen LogP contribution in [0.5, 0.6) is 0 Å². The van der Waals surface area contributed by atoms with Crippen LogP contribution in [0.25, 0.3) is 11.5 Å². The number of rotatable bonds is 7. The Morgan fingerprint density at radius 2 is 1.88 bits per heavy atom. The highest BCUT2D eigenvalue weighted by atomic mass is 35.5. The molecule has 0 radical (unpaired) electrons. The molecule has 2 rings (SSSR count). The quantitative estimate of drug-likeness (QED) is 0.687. The van der Waals surface area contributed by atoms with Gasteiger partial charge in [-0.15, -0.1) is 12.4 Å². The highest BCUT2D eigenvalue weighted by molar-refractivity contribution is 5.87. The molecule has 0 saturated heterocycles. The Labute approximate surface area is 152 Å². The van der Waals surface area contributed by atoms with E-state index in [0.29, 0.717) is 11.6 Å². The van der Waals surface area contributed by atoms with Crippen LogP contribution >= 0.6 is 12.4 Å². The largest absolute Gasteiger partial charge is 0.444 e. The molecule has 2 aromatic rings. The van der Waals surface area contributed by atoms with Crippen molar-refractivity contribution in [3.05, 3.63) is 42.3 Å². The molecule has 1 atom stereocenters. The summed E-state index contributed by atoms with van der Waals surface area (Å²) in [6.45, 7) is 3.79. The van der Waals surface area contributed by atoms with E-state index in [2.05, 4.69) is 15.6 Å². The number of nitrogens with zero attached hydrogens (tertiary/aromatic N) is 1. The molecular formula is C17H23ClN4O3. The fourth-order valence-corrected chi connectivity index (χ4v) is 1.94. The van der Waals surface area contributed by atoms with Crippen LogP contribution in [0.3, 0.4) is 0 Å². The first-order chi connectivity index (χ1) is 11.5. The zero-order chi connectivity index (χ0) is 17.5. The van der Waals surface area contributed by atoms with Crippen molar-refractivity contribution in [1.29, 1.82) is 0 Å². The van der Waals surface area contributed by atoms with Crippen LogP contribution < -0.4 is 16.4 Å². The second-order valence-corrected chi connectivity index (χ2v) is 5.77. The minimum absolute atomic E-state index is 0. The monoisotopic (exact) mass is 366 g/mol. The average molecular weight is 367 g/mol. The molecule has 0 aliphatic heterocycles. The predicted octanol–water partition coefficient (Wildman–Crippen LogP) is 1.48. The Morgan fingerprint density at radius 3 is 2.52 bits per heavy atom. The van der Waals surface area contributed by atoms with Crippen LogP contribution in [0.2, 0.25) is 0 Å². The van der Waals surface area contributed by atoms with Crippen LogP contribution in [-0.4, -0.2) is 29.4 Å². The number of hydrogen-bond acceptors (Lipinski definition) is 5. The Hall–Kier alpha value is -2.38. The van der Waals surface area contributed by atoms with Gasteiger partial charge in [0, 0.05) is 5.56 Å². The summed E-state index contributed by atoms with van der Waals surface area (Å²) in [4.78, 5) is 27.8. The van der Waals surface area contributed by atoms with Crippen molar-refractivity contribution in [3.8, 4) is 11.5 Å². The molecule has 1 heterocycles. The molecule has 0 spiro atoms. The summed E-state index contributed by atoms with van der Waals surface area (Å²) in [5.41, 5.74) is 7.17. The van der Waals surface area contributed by atoms with Crippen LogP contribution in [-0.2, 0) is 16.1 Å². The molecule has 0 bridgehead atoms. The molecule has 7 nitrogen and oxygen atoms in total. The highest BCUT2D eigenvalue weighted by Crippen LogP contribution is 2.17. The number of hydrogen-bond donors (Lipinski definition) is 3. The minimum atomic E-state index is -0.623. The molecule has 4 N–H and O–H groups in total. The number of carbonyl (C=O) groups excluding carboxylic acids is 2. The molecule has 25 heavy (non-hydrogen) atoms. The zero-order valence-corrected chi connectivity index (χ0v) is 15.0.